The Morgan fingerprint density at radius 1 is 0.287 bits per heavy atom. The quantitative estimate of drug-likeness (QED) is 0.137. The maximum Gasteiger partial charge on any atom is 0.231 e. The molecule has 8 aliphatic rings. The van der Waals surface area contributed by atoms with E-state index >= 15 is 0 Å². The first kappa shape index (κ1) is 117. The number of para-hydroxylation sites is 5. The lowest BCUT2D eigenvalue weighted by Crippen LogP contribution is -2.23. The summed E-state index contributed by atoms with van der Waals surface area (Å²) in [7, 11) is 0. The Morgan fingerprint density at radius 3 is 1.20 bits per heavy atom. The smallest absolute Gasteiger partial charge is 0.231 e. The van der Waals surface area contributed by atoms with Crippen LogP contribution in [0, 0.1) is 0 Å². The summed E-state index contributed by atoms with van der Waals surface area (Å²) in [5.74, 6) is 4.07. The fourth-order valence-electron chi connectivity index (χ4n) is 10.3. The third-order valence-corrected chi connectivity index (χ3v) is 15.6. The Morgan fingerprint density at radius 2 is 0.685 bits per heavy atom. The Labute approximate surface area is 676 Å². The Bertz CT molecular complexity index is 2430. The maximum atomic E-state index is 5.42. The van der Waals surface area contributed by atoms with Crippen molar-refractivity contribution in [3.63, 3.8) is 0 Å². The maximum absolute atomic E-state index is 5.42. The van der Waals surface area contributed by atoms with Gasteiger partial charge in [-0.15, -0.1) is 11.8 Å². The topological polar surface area (TPSA) is 89.6 Å². The van der Waals surface area contributed by atoms with Gasteiger partial charge in [0.1, 0.15) is 5.75 Å². The van der Waals surface area contributed by atoms with Gasteiger partial charge >= 0.3 is 0 Å². The van der Waals surface area contributed by atoms with Crippen LogP contribution in [0.3, 0.4) is 0 Å². The van der Waals surface area contributed by atoms with Gasteiger partial charge in [-0.1, -0.05) is 337 Å². The van der Waals surface area contributed by atoms with Gasteiger partial charge in [0.05, 0.1) is 6.61 Å². The first-order chi connectivity index (χ1) is 53.7. The summed E-state index contributed by atoms with van der Waals surface area (Å²) >= 11 is 1.99. The number of benzene rings is 6. The lowest BCUT2D eigenvalue weighted by Gasteiger charge is -2.16. The molecule has 0 atom stereocenters. The van der Waals surface area contributed by atoms with Crippen molar-refractivity contribution in [2.45, 2.75) is 323 Å². The molecule has 0 unspecified atom stereocenters. The van der Waals surface area contributed by atoms with E-state index in [-0.39, 0.29) is 0 Å². The summed E-state index contributed by atoms with van der Waals surface area (Å²) in [6, 6.07) is 56.5. The number of pyridine rings is 2. The molecular formula is C99H171N5O3S. The van der Waals surface area contributed by atoms with Crippen LogP contribution < -0.4 is 30.2 Å². The molecule has 8 aromatic rings. The summed E-state index contributed by atoms with van der Waals surface area (Å²) in [6.07, 6.45) is 23.2. The number of rotatable bonds is 0. The average Bonchev–Trinajstić information content (AvgIpc) is 1.83. The molecule has 8 heterocycles. The van der Waals surface area contributed by atoms with Crippen LogP contribution in [-0.2, 0) is 64.3 Å². The predicted octanol–water partition coefficient (Wildman–Crippen LogP) is 30.7. The van der Waals surface area contributed by atoms with E-state index in [0.29, 0.717) is 6.79 Å². The molecule has 16 rings (SSSR count). The fourth-order valence-corrected chi connectivity index (χ4v) is 11.3. The highest BCUT2D eigenvalue weighted by atomic mass is 32.2. The Balaban J connectivity index is -0.000000167. The van der Waals surface area contributed by atoms with Crippen LogP contribution in [0.15, 0.2) is 187 Å². The SMILES string of the molecule is CC.CC.CC.CC.CC.CC.CC.CC.CC.CC.CC.CC.CC.CC.CC.CC.c1cc2c(cn1)CCC2.c1ccc2c(c1)CCCN2.c1ccc2c(c1)CCCO2.c1ccc2c(c1)CCCS2.c1ccc2c(c1)CCN2.c1ccc2c(c1)CCNC2.c1ccc2c(c1)OCO2.c1cnc2c(c1)CCC2. The minimum atomic E-state index is 0.360. The van der Waals surface area contributed by atoms with E-state index in [1.165, 1.54) is 156 Å². The molecule has 6 aromatic carbocycles. The second-order valence-corrected chi connectivity index (χ2v) is 20.8. The van der Waals surface area contributed by atoms with E-state index in [1.54, 1.807) is 5.56 Å². The van der Waals surface area contributed by atoms with Gasteiger partial charge in [-0.25, -0.2) is 0 Å². The molecule has 8 nitrogen and oxygen atoms in total. The van der Waals surface area contributed by atoms with Crippen LogP contribution in [-0.4, -0.2) is 48.8 Å². The van der Waals surface area contributed by atoms with Crippen molar-refractivity contribution in [3.8, 4) is 17.2 Å². The lowest BCUT2D eigenvalue weighted by molar-refractivity contribution is 0.174. The molecule has 3 N–H and O–H groups in total. The summed E-state index contributed by atoms with van der Waals surface area (Å²) in [5.41, 5.74) is 17.2. The Hall–Kier alpha value is -7.07. The highest BCUT2D eigenvalue weighted by Gasteiger charge is 2.13. The van der Waals surface area contributed by atoms with E-state index < -0.39 is 0 Å². The van der Waals surface area contributed by atoms with Gasteiger partial charge in [0.2, 0.25) is 6.79 Å². The van der Waals surface area contributed by atoms with Crippen molar-refractivity contribution in [3.05, 3.63) is 238 Å². The summed E-state index contributed by atoms with van der Waals surface area (Å²) < 4.78 is 15.6. The van der Waals surface area contributed by atoms with E-state index in [0.717, 1.165) is 56.5 Å². The van der Waals surface area contributed by atoms with Crippen LogP contribution in [0.4, 0.5) is 11.4 Å². The third-order valence-electron chi connectivity index (χ3n) is 14.3. The first-order valence-corrected chi connectivity index (χ1v) is 44.7. The van der Waals surface area contributed by atoms with Crippen molar-refractivity contribution in [1.29, 1.82) is 0 Å². The molecule has 108 heavy (non-hydrogen) atoms. The number of hydrogen-bond donors (Lipinski definition) is 3. The van der Waals surface area contributed by atoms with Crippen LogP contribution >= 0.6 is 11.8 Å². The molecule has 0 radical (unpaired) electrons. The summed E-state index contributed by atoms with van der Waals surface area (Å²) in [6.45, 7) is 69.7. The van der Waals surface area contributed by atoms with Crippen molar-refractivity contribution in [1.82, 2.24) is 15.3 Å². The molecule has 616 valence electrons. The number of nitrogens with zero attached hydrogens (tertiary/aromatic N) is 2. The normalized spacial score (nSPS) is 11.8. The molecule has 0 spiro atoms. The van der Waals surface area contributed by atoms with Gasteiger partial charge in [0, 0.05) is 60.2 Å². The standard InChI is InChI=1S/2C9H11N.C9H10O.C9H10S.3C8H9N.C7H6O2.16C2H6/c1-2-6-9-8(4-1)5-3-7-10-9;1-2-4-9-7-10-6-5-8(9)3-1;2*1-2-6-9-8(4-1)5-3-7-10-9;1-3-7-4-2-6-9-8(7)5-1;1-2-7-4-5-9-6-8(7)3-1;1-2-4-8-7(3-1)5-6-9-8;1-2-4-7-6(3-1)8-5-9-7;16*1-2/h1-2,4,6,10H,3,5,7H2;1-4,10H,5-7H2;2*1-2,4,6H,3,5,7H2;2,4,6H,1,3,5H2;4-6H,1-3H2;1-4,9H,5-6H2;1-4H,5H2;16*1-2H3. The zero-order valence-corrected chi connectivity index (χ0v) is 77.0. The molecule has 2 aliphatic carbocycles. The number of ether oxygens (including phenoxy) is 3. The van der Waals surface area contributed by atoms with Crippen molar-refractivity contribution >= 4 is 23.1 Å². The fraction of sp³-hybridized carbons (Fsp3) is 0.535. The highest BCUT2D eigenvalue weighted by Crippen LogP contribution is 2.31. The molecule has 0 bridgehead atoms. The molecule has 0 amide bonds. The molecule has 0 saturated heterocycles. The molecular weight excluding hydrogens is 1340 g/mol. The minimum Gasteiger partial charge on any atom is -0.493 e. The molecule has 0 fully saturated rings. The second-order valence-electron chi connectivity index (χ2n) is 19.7. The van der Waals surface area contributed by atoms with Gasteiger partial charge < -0.3 is 30.2 Å². The average molecular weight is 1510 g/mol. The van der Waals surface area contributed by atoms with Crippen LogP contribution in [0.25, 0.3) is 0 Å². The largest absolute Gasteiger partial charge is 0.493 e. The number of thioether (sulfide) groups is 1. The summed E-state index contributed by atoms with van der Waals surface area (Å²) in [5, 5.41) is 10.0. The molecule has 6 aliphatic heterocycles. The zero-order valence-electron chi connectivity index (χ0n) is 76.2. The van der Waals surface area contributed by atoms with Crippen molar-refractivity contribution in [2.24, 2.45) is 0 Å². The number of fused-ring (bicyclic) bond motifs is 8. The van der Waals surface area contributed by atoms with Crippen molar-refractivity contribution < 1.29 is 14.2 Å². The molecule has 9 heteroatoms. The summed E-state index contributed by atoms with van der Waals surface area (Å²) in [4.78, 5) is 9.81. The van der Waals surface area contributed by atoms with E-state index in [4.69, 9.17) is 14.2 Å². The van der Waals surface area contributed by atoms with Crippen LogP contribution in [0.2, 0.25) is 0 Å². The third kappa shape index (κ3) is 53.7. The van der Waals surface area contributed by atoms with Gasteiger partial charge in [-0.2, -0.15) is 0 Å². The molecule has 2 aromatic heterocycles. The zero-order chi connectivity index (χ0) is 83.7. The number of nitrogens with one attached hydrogen (secondary N) is 3. The minimum absolute atomic E-state index is 0.360. The van der Waals surface area contributed by atoms with E-state index in [2.05, 4.69) is 147 Å². The number of aromatic nitrogens is 2. The van der Waals surface area contributed by atoms with Gasteiger partial charge in [0.25, 0.3) is 0 Å². The number of aryl methyl sites for hydroxylation is 7. The van der Waals surface area contributed by atoms with Gasteiger partial charge in [0.15, 0.2) is 11.5 Å². The van der Waals surface area contributed by atoms with E-state index in [9.17, 15) is 0 Å². The number of anilines is 2. The van der Waals surface area contributed by atoms with Crippen LogP contribution in [0.1, 0.15) is 309 Å². The van der Waals surface area contributed by atoms with Crippen molar-refractivity contribution in [2.75, 3.05) is 49.4 Å². The second kappa shape index (κ2) is 96.0. The predicted molar refractivity (Wildman–Crippen MR) is 496 cm³/mol. The lowest BCUT2D eigenvalue weighted by atomic mass is 10.0. The molecule has 0 saturated carbocycles. The van der Waals surface area contributed by atoms with Gasteiger partial charge in [-0.05, 0) is 201 Å². The van der Waals surface area contributed by atoms with Crippen LogP contribution in [0.5, 0.6) is 17.2 Å². The first-order valence-electron chi connectivity index (χ1n) is 43.7. The van der Waals surface area contributed by atoms with Gasteiger partial charge in [-0.3, -0.25) is 9.97 Å². The number of hydrogen-bond acceptors (Lipinski definition) is 9. The Kier molecular flexibility index (Phi) is 104. The monoisotopic (exact) mass is 1510 g/mol. The highest BCUT2D eigenvalue weighted by molar-refractivity contribution is 7.99. The van der Waals surface area contributed by atoms with E-state index in [1.807, 2.05) is 294 Å².